The van der Waals surface area contributed by atoms with E-state index in [1.165, 1.54) is 18.2 Å². The van der Waals surface area contributed by atoms with Crippen LogP contribution in [0, 0.1) is 5.82 Å². The van der Waals surface area contributed by atoms with Crippen molar-refractivity contribution in [2.45, 2.75) is 13.8 Å². The van der Waals surface area contributed by atoms with E-state index >= 15 is 0 Å². The molecule has 26 heavy (non-hydrogen) atoms. The second-order valence-electron chi connectivity index (χ2n) is 5.70. The normalized spacial score (nSPS) is 10.6. The topological polar surface area (TPSA) is 58.6 Å². The largest absolute Gasteiger partial charge is 0.461 e. The summed E-state index contributed by atoms with van der Waals surface area (Å²) in [6, 6.07) is 11.8. The van der Waals surface area contributed by atoms with Gasteiger partial charge < -0.3 is 15.0 Å². The van der Waals surface area contributed by atoms with Crippen molar-refractivity contribution in [3.8, 4) is 0 Å². The van der Waals surface area contributed by atoms with Crippen LogP contribution < -0.4 is 5.32 Å². The molecule has 0 saturated carbocycles. The van der Waals surface area contributed by atoms with Crippen molar-refractivity contribution in [3.05, 3.63) is 65.5 Å². The molecule has 0 unspecified atom stereocenters. The smallest absolute Gasteiger partial charge is 0.338 e. The zero-order chi connectivity index (χ0) is 18.9. The van der Waals surface area contributed by atoms with Crippen molar-refractivity contribution in [3.63, 3.8) is 0 Å². The van der Waals surface area contributed by atoms with Gasteiger partial charge in [-0.05, 0) is 55.6 Å². The summed E-state index contributed by atoms with van der Waals surface area (Å²) in [5, 5.41) is 2.66. The predicted molar refractivity (Wildman–Crippen MR) is 98.9 cm³/mol. The van der Waals surface area contributed by atoms with Gasteiger partial charge in [-0.3, -0.25) is 4.79 Å². The Labute approximate surface area is 152 Å². The molecule has 2 rings (SSSR count). The number of nitrogens with one attached hydrogen (secondary N) is 1. The number of nitrogens with zero attached hydrogens (tertiary/aromatic N) is 1. The van der Waals surface area contributed by atoms with Crippen molar-refractivity contribution < 1.29 is 18.7 Å². The van der Waals surface area contributed by atoms with Gasteiger partial charge in [-0.15, -0.1) is 0 Å². The van der Waals surface area contributed by atoms with E-state index in [4.69, 9.17) is 4.74 Å². The Kier molecular flexibility index (Phi) is 7.29. The zero-order valence-corrected chi connectivity index (χ0v) is 15.0. The lowest BCUT2D eigenvalue weighted by Crippen LogP contribution is -2.27. The highest BCUT2D eigenvalue weighted by Gasteiger charge is 2.10. The van der Waals surface area contributed by atoms with Crippen LogP contribution in [0.15, 0.2) is 48.5 Å². The molecule has 6 heteroatoms. The number of likely N-dealkylation sites (N-methyl/N-ethyl adjacent to an activating group) is 1. The van der Waals surface area contributed by atoms with Gasteiger partial charge in [-0.25, -0.2) is 9.18 Å². The van der Waals surface area contributed by atoms with E-state index in [-0.39, 0.29) is 5.56 Å². The molecule has 0 aliphatic carbocycles. The standard InChI is InChI=1S/C20H23FN2O3/c1-3-23(4-2)12-13-26-20(25)15-8-10-18(11-9-15)22-19(24)16-6-5-7-17(21)14-16/h5-11,14H,3-4,12-13H2,1-2H3,(H,22,24). The summed E-state index contributed by atoms with van der Waals surface area (Å²) in [6.45, 7) is 6.96. The minimum atomic E-state index is -0.472. The molecule has 0 saturated heterocycles. The third kappa shape index (κ3) is 5.67. The maximum Gasteiger partial charge on any atom is 0.338 e. The molecule has 0 aromatic heterocycles. The molecule has 1 amide bonds. The average Bonchev–Trinajstić information content (AvgIpc) is 2.65. The predicted octanol–water partition coefficient (Wildman–Crippen LogP) is 3.58. The van der Waals surface area contributed by atoms with Crippen LogP contribution >= 0.6 is 0 Å². The fourth-order valence-electron chi connectivity index (χ4n) is 2.41. The molecule has 5 nitrogen and oxygen atoms in total. The summed E-state index contributed by atoms with van der Waals surface area (Å²) in [7, 11) is 0. The molecule has 0 radical (unpaired) electrons. The summed E-state index contributed by atoms with van der Waals surface area (Å²) < 4.78 is 18.4. The monoisotopic (exact) mass is 358 g/mol. The van der Waals surface area contributed by atoms with E-state index in [1.54, 1.807) is 24.3 Å². The molecule has 1 N–H and O–H groups in total. The number of esters is 1. The third-order valence-electron chi connectivity index (χ3n) is 4.00. The second-order valence-corrected chi connectivity index (χ2v) is 5.70. The quantitative estimate of drug-likeness (QED) is 0.733. The maximum absolute atomic E-state index is 13.2. The Balaban J connectivity index is 1.89. The lowest BCUT2D eigenvalue weighted by molar-refractivity contribution is 0.0466. The van der Waals surface area contributed by atoms with E-state index < -0.39 is 17.7 Å². The Morgan fingerprint density at radius 2 is 1.73 bits per heavy atom. The van der Waals surface area contributed by atoms with Crippen molar-refractivity contribution >= 4 is 17.6 Å². The number of amides is 1. The SMILES string of the molecule is CCN(CC)CCOC(=O)c1ccc(NC(=O)c2cccc(F)c2)cc1. The van der Waals surface area contributed by atoms with Crippen LogP contribution in [-0.2, 0) is 4.74 Å². The van der Waals surface area contributed by atoms with Crippen molar-refractivity contribution in [2.24, 2.45) is 0 Å². The first-order valence-electron chi connectivity index (χ1n) is 8.60. The van der Waals surface area contributed by atoms with Gasteiger partial charge >= 0.3 is 5.97 Å². The molecular formula is C20H23FN2O3. The number of carbonyl (C=O) groups excluding carboxylic acids is 2. The van der Waals surface area contributed by atoms with Crippen molar-refractivity contribution in [1.82, 2.24) is 4.90 Å². The molecule has 0 spiro atoms. The highest BCUT2D eigenvalue weighted by Crippen LogP contribution is 2.13. The van der Waals surface area contributed by atoms with Gasteiger partial charge in [0.1, 0.15) is 12.4 Å². The maximum atomic E-state index is 13.2. The number of benzene rings is 2. The lowest BCUT2D eigenvalue weighted by Gasteiger charge is -2.17. The number of anilines is 1. The Morgan fingerprint density at radius 1 is 1.04 bits per heavy atom. The highest BCUT2D eigenvalue weighted by molar-refractivity contribution is 6.04. The fraction of sp³-hybridized carbons (Fsp3) is 0.300. The fourth-order valence-corrected chi connectivity index (χ4v) is 2.41. The van der Waals surface area contributed by atoms with Crippen LogP contribution in [-0.4, -0.2) is 43.0 Å². The summed E-state index contributed by atoms with van der Waals surface area (Å²) >= 11 is 0. The van der Waals surface area contributed by atoms with Crippen LogP contribution in [0.25, 0.3) is 0 Å². The minimum Gasteiger partial charge on any atom is -0.461 e. The Bertz CT molecular complexity index is 743. The van der Waals surface area contributed by atoms with Crippen LogP contribution in [0.4, 0.5) is 10.1 Å². The van der Waals surface area contributed by atoms with Crippen molar-refractivity contribution in [1.29, 1.82) is 0 Å². The van der Waals surface area contributed by atoms with E-state index in [0.29, 0.717) is 24.4 Å². The Hall–Kier alpha value is -2.73. The number of hydrogen-bond donors (Lipinski definition) is 1. The molecule has 2 aromatic rings. The van der Waals surface area contributed by atoms with Crippen LogP contribution in [0.2, 0.25) is 0 Å². The second kappa shape index (κ2) is 9.68. The third-order valence-corrected chi connectivity index (χ3v) is 4.00. The molecular weight excluding hydrogens is 335 g/mol. The van der Waals surface area contributed by atoms with E-state index in [9.17, 15) is 14.0 Å². The minimum absolute atomic E-state index is 0.227. The Morgan fingerprint density at radius 3 is 2.35 bits per heavy atom. The zero-order valence-electron chi connectivity index (χ0n) is 15.0. The van der Waals surface area contributed by atoms with Crippen LogP contribution in [0.3, 0.4) is 0 Å². The number of rotatable bonds is 8. The molecule has 0 fully saturated rings. The van der Waals surface area contributed by atoms with Gasteiger partial charge in [0, 0.05) is 17.8 Å². The highest BCUT2D eigenvalue weighted by atomic mass is 19.1. The van der Waals surface area contributed by atoms with Crippen LogP contribution in [0.5, 0.6) is 0 Å². The first kappa shape index (κ1) is 19.6. The molecule has 0 aliphatic rings. The lowest BCUT2D eigenvalue weighted by atomic mass is 10.2. The molecule has 0 aliphatic heterocycles. The average molecular weight is 358 g/mol. The van der Waals surface area contributed by atoms with Gasteiger partial charge in [0.25, 0.3) is 5.91 Å². The molecule has 0 bridgehead atoms. The summed E-state index contributed by atoms with van der Waals surface area (Å²) in [6.07, 6.45) is 0. The van der Waals surface area contributed by atoms with E-state index in [0.717, 1.165) is 19.2 Å². The van der Waals surface area contributed by atoms with E-state index in [1.807, 2.05) is 0 Å². The molecule has 138 valence electrons. The van der Waals surface area contributed by atoms with Gasteiger partial charge in [-0.1, -0.05) is 19.9 Å². The van der Waals surface area contributed by atoms with Gasteiger partial charge in [0.05, 0.1) is 5.56 Å². The first-order chi connectivity index (χ1) is 12.5. The molecule has 0 heterocycles. The number of ether oxygens (including phenoxy) is 1. The van der Waals surface area contributed by atoms with E-state index in [2.05, 4.69) is 24.1 Å². The number of carbonyl (C=O) groups is 2. The summed E-state index contributed by atoms with van der Waals surface area (Å²) in [4.78, 5) is 26.3. The van der Waals surface area contributed by atoms with Gasteiger partial charge in [0.2, 0.25) is 0 Å². The molecule has 0 atom stereocenters. The number of hydrogen-bond acceptors (Lipinski definition) is 4. The first-order valence-corrected chi connectivity index (χ1v) is 8.60. The summed E-state index contributed by atoms with van der Waals surface area (Å²) in [5.74, 6) is -1.29. The van der Waals surface area contributed by atoms with Crippen molar-refractivity contribution in [2.75, 3.05) is 31.6 Å². The summed E-state index contributed by atoms with van der Waals surface area (Å²) in [5.41, 5.74) is 1.15. The van der Waals surface area contributed by atoms with Crippen LogP contribution in [0.1, 0.15) is 34.6 Å². The van der Waals surface area contributed by atoms with Gasteiger partial charge in [0.15, 0.2) is 0 Å². The number of halogens is 1. The molecule has 2 aromatic carbocycles. The van der Waals surface area contributed by atoms with Gasteiger partial charge in [-0.2, -0.15) is 0 Å².